The van der Waals surface area contributed by atoms with Crippen molar-refractivity contribution in [3.63, 3.8) is 0 Å². The first-order chi connectivity index (χ1) is 19.4. The van der Waals surface area contributed by atoms with E-state index in [1.165, 1.54) is 49.7 Å². The first kappa shape index (κ1) is 33.6. The van der Waals surface area contributed by atoms with Crippen molar-refractivity contribution in [2.75, 3.05) is 19.8 Å². The number of Topliss-reactive ketones (excluding diaryl/α,β-unsaturated/α-hetero) is 1. The Morgan fingerprint density at radius 3 is 1.66 bits per heavy atom. The lowest BCUT2D eigenvalue weighted by molar-refractivity contribution is -0.117. The average molecular weight is 567 g/mol. The van der Waals surface area contributed by atoms with Gasteiger partial charge in [-0.1, -0.05) is 70.8 Å². The molecule has 0 bridgehead atoms. The lowest BCUT2D eigenvalue weighted by atomic mass is 9.68. The van der Waals surface area contributed by atoms with Crippen LogP contribution in [0.4, 0.5) is 0 Å². The third-order valence-electron chi connectivity index (χ3n) is 9.54. The van der Waals surface area contributed by atoms with Crippen LogP contribution >= 0.6 is 0 Å². The molecule has 0 fully saturated rings. The molecule has 1 aromatic rings. The fourth-order valence-electron chi connectivity index (χ4n) is 7.72. The van der Waals surface area contributed by atoms with Gasteiger partial charge in [-0.3, -0.25) is 4.79 Å². The third kappa shape index (κ3) is 9.04. The fraction of sp³-hybridized carbons (Fsp3) is 0.703. The lowest BCUT2D eigenvalue weighted by Crippen LogP contribution is -2.31. The summed E-state index contributed by atoms with van der Waals surface area (Å²) < 4.78 is 18.3. The third-order valence-corrected chi connectivity index (χ3v) is 9.54. The summed E-state index contributed by atoms with van der Waals surface area (Å²) in [6, 6.07) is 7.39. The topological polar surface area (TPSA) is 44.8 Å². The standard InChI is InChI=1S/C37H58O4/c1-10-23-39-31-17-15-30(16-18-31)34(38)35(40-24-19-28(4)32-26(2)13-11-21-36(32,6)7)41-25-20-29(5)33-27(3)14-12-22-37(33,8)9/h15-18,28-29,35H,10-14,19-25H2,1-9H3. The lowest BCUT2D eigenvalue weighted by Gasteiger charge is -2.38. The molecule has 230 valence electrons. The van der Waals surface area contributed by atoms with Gasteiger partial charge >= 0.3 is 0 Å². The van der Waals surface area contributed by atoms with Crippen LogP contribution in [0.15, 0.2) is 46.6 Å². The molecule has 41 heavy (non-hydrogen) atoms. The average Bonchev–Trinajstić information content (AvgIpc) is 2.89. The normalized spacial score (nSPS) is 21.0. The molecular weight excluding hydrogens is 508 g/mol. The molecule has 2 aliphatic rings. The van der Waals surface area contributed by atoms with Gasteiger partial charge < -0.3 is 14.2 Å². The number of ketones is 1. The molecular formula is C37H58O4. The van der Waals surface area contributed by atoms with E-state index in [0.717, 1.165) is 25.0 Å². The molecule has 0 saturated heterocycles. The van der Waals surface area contributed by atoms with E-state index in [-0.39, 0.29) is 16.6 Å². The maximum atomic E-state index is 13.6. The fourth-order valence-corrected chi connectivity index (χ4v) is 7.72. The molecule has 4 heteroatoms. The van der Waals surface area contributed by atoms with Crippen LogP contribution in [-0.4, -0.2) is 31.9 Å². The maximum absolute atomic E-state index is 13.6. The van der Waals surface area contributed by atoms with E-state index in [4.69, 9.17) is 14.2 Å². The summed E-state index contributed by atoms with van der Waals surface area (Å²) >= 11 is 0. The predicted octanol–water partition coefficient (Wildman–Crippen LogP) is 10.1. The minimum Gasteiger partial charge on any atom is -0.494 e. The molecule has 2 atom stereocenters. The summed E-state index contributed by atoms with van der Waals surface area (Å²) in [5.74, 6) is 1.50. The van der Waals surface area contributed by atoms with Crippen LogP contribution in [0.2, 0.25) is 0 Å². The van der Waals surface area contributed by atoms with Gasteiger partial charge in [0.2, 0.25) is 12.1 Å². The minimum atomic E-state index is -0.902. The molecule has 3 rings (SSSR count). The highest BCUT2D eigenvalue weighted by Gasteiger charge is 2.33. The van der Waals surface area contributed by atoms with Gasteiger partial charge in [-0.05, 0) is 119 Å². The van der Waals surface area contributed by atoms with Crippen LogP contribution in [0.1, 0.15) is 130 Å². The van der Waals surface area contributed by atoms with Crippen molar-refractivity contribution >= 4 is 5.78 Å². The number of carbonyl (C=O) groups excluding carboxylic acids is 1. The van der Waals surface area contributed by atoms with Crippen molar-refractivity contribution in [1.29, 1.82) is 0 Å². The van der Waals surface area contributed by atoms with E-state index in [1.54, 1.807) is 11.1 Å². The quantitative estimate of drug-likeness (QED) is 0.120. The van der Waals surface area contributed by atoms with Crippen molar-refractivity contribution in [1.82, 2.24) is 0 Å². The molecule has 0 amide bonds. The minimum absolute atomic E-state index is 0.117. The van der Waals surface area contributed by atoms with Crippen molar-refractivity contribution in [2.24, 2.45) is 22.7 Å². The van der Waals surface area contributed by atoms with Crippen LogP contribution in [0, 0.1) is 22.7 Å². The zero-order valence-corrected chi connectivity index (χ0v) is 27.7. The highest BCUT2D eigenvalue weighted by molar-refractivity contribution is 5.98. The van der Waals surface area contributed by atoms with Crippen LogP contribution in [0.25, 0.3) is 0 Å². The molecule has 2 unspecified atom stereocenters. The van der Waals surface area contributed by atoms with Crippen molar-refractivity contribution < 1.29 is 19.0 Å². The van der Waals surface area contributed by atoms with Gasteiger partial charge in [-0.25, -0.2) is 0 Å². The number of carbonyl (C=O) groups is 1. The first-order valence-corrected chi connectivity index (χ1v) is 16.3. The summed E-state index contributed by atoms with van der Waals surface area (Å²) in [6.07, 6.45) is 9.19. The van der Waals surface area contributed by atoms with E-state index >= 15 is 0 Å². The Bertz CT molecular complexity index is 1000. The Morgan fingerprint density at radius 1 is 0.780 bits per heavy atom. The summed E-state index contributed by atoms with van der Waals surface area (Å²) in [6.45, 7) is 22.4. The molecule has 0 heterocycles. The van der Waals surface area contributed by atoms with Crippen LogP contribution in [0.5, 0.6) is 5.75 Å². The zero-order chi connectivity index (χ0) is 30.2. The van der Waals surface area contributed by atoms with Crippen molar-refractivity contribution in [3.05, 3.63) is 52.1 Å². The highest BCUT2D eigenvalue weighted by atomic mass is 16.7. The number of benzene rings is 1. The molecule has 0 aliphatic heterocycles. The van der Waals surface area contributed by atoms with Gasteiger partial charge in [0.25, 0.3) is 0 Å². The number of rotatable bonds is 15. The Balaban J connectivity index is 1.68. The number of ether oxygens (including phenoxy) is 3. The van der Waals surface area contributed by atoms with Gasteiger partial charge in [-0.2, -0.15) is 0 Å². The molecule has 0 saturated carbocycles. The molecule has 0 aromatic heterocycles. The van der Waals surface area contributed by atoms with Gasteiger partial charge in [0.1, 0.15) is 5.75 Å². The molecule has 0 N–H and O–H groups in total. The molecule has 1 aromatic carbocycles. The summed E-state index contributed by atoms with van der Waals surface area (Å²) in [5.41, 5.74) is 7.27. The predicted molar refractivity (Wildman–Crippen MR) is 170 cm³/mol. The van der Waals surface area contributed by atoms with E-state index in [2.05, 4.69) is 62.3 Å². The smallest absolute Gasteiger partial charge is 0.222 e. The Kier molecular flexibility index (Phi) is 12.3. The number of hydrogen-bond donors (Lipinski definition) is 0. The van der Waals surface area contributed by atoms with Gasteiger partial charge in [0.15, 0.2) is 0 Å². The Hall–Kier alpha value is -1.91. The second-order valence-corrected chi connectivity index (χ2v) is 14.1. The second kappa shape index (κ2) is 15.0. The van der Waals surface area contributed by atoms with Crippen LogP contribution < -0.4 is 4.74 Å². The number of allylic oxidation sites excluding steroid dienone is 4. The van der Waals surface area contributed by atoms with Crippen LogP contribution in [0.3, 0.4) is 0 Å². The first-order valence-electron chi connectivity index (χ1n) is 16.3. The van der Waals surface area contributed by atoms with E-state index in [1.807, 2.05) is 24.3 Å². The summed E-state index contributed by atoms with van der Waals surface area (Å²) in [7, 11) is 0. The highest BCUT2D eigenvalue weighted by Crippen LogP contribution is 2.45. The molecule has 0 spiro atoms. The zero-order valence-electron chi connectivity index (χ0n) is 27.7. The maximum Gasteiger partial charge on any atom is 0.222 e. The Morgan fingerprint density at radius 2 is 1.24 bits per heavy atom. The van der Waals surface area contributed by atoms with Gasteiger partial charge in [-0.15, -0.1) is 0 Å². The largest absolute Gasteiger partial charge is 0.494 e. The van der Waals surface area contributed by atoms with Crippen molar-refractivity contribution in [3.8, 4) is 5.75 Å². The SMILES string of the molecule is CCCOc1ccc(C(=O)C(OCCC(C)C2=C(C)CCCC2(C)C)OCCC(C)C2=C(C)CCCC2(C)C)cc1. The van der Waals surface area contributed by atoms with E-state index < -0.39 is 6.29 Å². The monoisotopic (exact) mass is 566 g/mol. The second-order valence-electron chi connectivity index (χ2n) is 14.1. The Labute approximate surface area is 251 Å². The van der Waals surface area contributed by atoms with Gasteiger partial charge in [0, 0.05) is 5.56 Å². The van der Waals surface area contributed by atoms with E-state index in [9.17, 15) is 4.79 Å². The van der Waals surface area contributed by atoms with E-state index in [0.29, 0.717) is 37.2 Å². The summed E-state index contributed by atoms with van der Waals surface area (Å²) in [5, 5.41) is 0. The molecule has 2 aliphatic carbocycles. The molecule has 4 nitrogen and oxygen atoms in total. The van der Waals surface area contributed by atoms with Crippen molar-refractivity contribution in [2.45, 2.75) is 126 Å². The van der Waals surface area contributed by atoms with Crippen LogP contribution in [-0.2, 0) is 9.47 Å². The molecule has 0 radical (unpaired) electrons. The number of hydrogen-bond acceptors (Lipinski definition) is 4. The summed E-state index contributed by atoms with van der Waals surface area (Å²) in [4.78, 5) is 13.6. The van der Waals surface area contributed by atoms with Gasteiger partial charge in [0.05, 0.1) is 19.8 Å².